The maximum Gasteiger partial charge on any atom is 0.153 e. The maximum atomic E-state index is 6.02. The van der Waals surface area contributed by atoms with Crippen LogP contribution in [0.3, 0.4) is 0 Å². The molecular formula is C18H17BrN2O. The molecule has 0 bridgehead atoms. The molecule has 4 heteroatoms. The van der Waals surface area contributed by atoms with E-state index in [1.165, 1.54) is 0 Å². The summed E-state index contributed by atoms with van der Waals surface area (Å²) in [6.45, 7) is 6.63. The Kier molecular flexibility index (Phi) is 4.29. The van der Waals surface area contributed by atoms with E-state index in [4.69, 9.17) is 9.72 Å². The monoisotopic (exact) mass is 356 g/mol. The Balaban J connectivity index is 1.99. The van der Waals surface area contributed by atoms with E-state index in [2.05, 4.69) is 33.1 Å². The number of halogens is 1. The summed E-state index contributed by atoms with van der Waals surface area (Å²) in [6.07, 6.45) is -0.151. The van der Waals surface area contributed by atoms with Gasteiger partial charge in [-0.05, 0) is 31.2 Å². The summed E-state index contributed by atoms with van der Waals surface area (Å²) < 4.78 is 9.07. The van der Waals surface area contributed by atoms with E-state index in [0.717, 1.165) is 27.1 Å². The van der Waals surface area contributed by atoms with Gasteiger partial charge in [0.25, 0.3) is 0 Å². The fraction of sp³-hybridized carbons (Fsp3) is 0.167. The van der Waals surface area contributed by atoms with Crippen LogP contribution in [0.5, 0.6) is 5.75 Å². The molecule has 0 fully saturated rings. The van der Waals surface area contributed by atoms with Crippen molar-refractivity contribution < 1.29 is 4.74 Å². The number of allylic oxidation sites excluding steroid dienone is 1. The first kappa shape index (κ1) is 14.9. The minimum atomic E-state index is -0.151. The van der Waals surface area contributed by atoms with Gasteiger partial charge in [-0.2, -0.15) is 0 Å². The number of ether oxygens (including phenoxy) is 1. The van der Waals surface area contributed by atoms with Gasteiger partial charge in [-0.3, -0.25) is 0 Å². The number of nitrogens with zero attached hydrogens (tertiary/aromatic N) is 2. The molecule has 0 spiro atoms. The summed E-state index contributed by atoms with van der Waals surface area (Å²) in [5.74, 6) is 1.73. The average molecular weight is 357 g/mol. The van der Waals surface area contributed by atoms with Crippen molar-refractivity contribution >= 4 is 27.0 Å². The van der Waals surface area contributed by atoms with Gasteiger partial charge < -0.3 is 9.30 Å². The number of fused-ring (bicyclic) bond motifs is 1. The van der Waals surface area contributed by atoms with Gasteiger partial charge >= 0.3 is 0 Å². The van der Waals surface area contributed by atoms with Crippen LogP contribution in [0.1, 0.15) is 18.9 Å². The summed E-state index contributed by atoms with van der Waals surface area (Å²) in [7, 11) is 0. The van der Waals surface area contributed by atoms with Gasteiger partial charge in [0.2, 0.25) is 0 Å². The number of hydrogen-bond donors (Lipinski definition) is 0. The Hall–Kier alpha value is -2.07. The molecule has 0 aliphatic rings. The normalized spacial score (nSPS) is 12.3. The topological polar surface area (TPSA) is 27.1 Å². The van der Waals surface area contributed by atoms with Crippen molar-refractivity contribution in [1.29, 1.82) is 0 Å². The van der Waals surface area contributed by atoms with Gasteiger partial charge in [0.15, 0.2) is 11.9 Å². The van der Waals surface area contributed by atoms with Crippen molar-refractivity contribution in [3.63, 3.8) is 0 Å². The molecule has 0 saturated carbocycles. The minimum Gasteiger partial charge on any atom is -0.483 e. The molecule has 3 nitrogen and oxygen atoms in total. The molecule has 1 atom stereocenters. The smallest absolute Gasteiger partial charge is 0.153 e. The van der Waals surface area contributed by atoms with E-state index in [9.17, 15) is 0 Å². The summed E-state index contributed by atoms with van der Waals surface area (Å²) in [4.78, 5) is 4.74. The molecule has 1 aromatic heterocycles. The number of benzene rings is 2. The standard InChI is InChI=1S/C18H17BrN2O/c1-13(19)12-21-17-11-7-6-10-16(17)20-18(21)14(2)22-15-8-4-3-5-9-15/h3-11,14H,1,12H2,2H3. The summed E-state index contributed by atoms with van der Waals surface area (Å²) in [5.41, 5.74) is 2.05. The lowest BCUT2D eigenvalue weighted by Crippen LogP contribution is -2.12. The van der Waals surface area contributed by atoms with Crippen LogP contribution in [-0.2, 0) is 6.54 Å². The summed E-state index contributed by atoms with van der Waals surface area (Å²) in [5, 5.41) is 0. The van der Waals surface area contributed by atoms with Crippen molar-refractivity contribution in [2.45, 2.75) is 19.6 Å². The van der Waals surface area contributed by atoms with Gasteiger partial charge in [0.05, 0.1) is 17.6 Å². The predicted molar refractivity (Wildman–Crippen MR) is 93.3 cm³/mol. The van der Waals surface area contributed by atoms with Gasteiger partial charge in [-0.1, -0.05) is 52.8 Å². The molecule has 0 saturated heterocycles. The third-order valence-electron chi connectivity index (χ3n) is 3.43. The van der Waals surface area contributed by atoms with E-state index in [1.807, 2.05) is 55.5 Å². The molecule has 0 aliphatic heterocycles. The fourth-order valence-electron chi connectivity index (χ4n) is 2.50. The highest BCUT2D eigenvalue weighted by molar-refractivity contribution is 9.11. The van der Waals surface area contributed by atoms with Crippen molar-refractivity contribution in [2.24, 2.45) is 0 Å². The zero-order valence-corrected chi connectivity index (χ0v) is 14.0. The Morgan fingerprint density at radius 2 is 1.86 bits per heavy atom. The first-order valence-corrected chi connectivity index (χ1v) is 7.94. The predicted octanol–water partition coefficient (Wildman–Crippen LogP) is 5.08. The molecule has 1 heterocycles. The quantitative estimate of drug-likeness (QED) is 0.636. The van der Waals surface area contributed by atoms with Crippen LogP contribution in [0.15, 0.2) is 65.7 Å². The largest absolute Gasteiger partial charge is 0.483 e. The fourth-order valence-corrected chi connectivity index (χ4v) is 2.75. The van der Waals surface area contributed by atoms with Crippen LogP contribution in [0.4, 0.5) is 0 Å². The second-order valence-corrected chi connectivity index (χ2v) is 6.26. The van der Waals surface area contributed by atoms with Gasteiger partial charge in [0, 0.05) is 4.48 Å². The van der Waals surface area contributed by atoms with E-state index < -0.39 is 0 Å². The third kappa shape index (κ3) is 3.07. The molecular weight excluding hydrogens is 340 g/mol. The van der Waals surface area contributed by atoms with Crippen LogP contribution in [-0.4, -0.2) is 9.55 Å². The minimum absolute atomic E-state index is 0.151. The maximum absolute atomic E-state index is 6.02. The van der Waals surface area contributed by atoms with Gasteiger partial charge in [-0.25, -0.2) is 4.98 Å². The highest BCUT2D eigenvalue weighted by Gasteiger charge is 2.18. The second kappa shape index (κ2) is 6.36. The SMILES string of the molecule is C=C(Br)Cn1c(C(C)Oc2ccccc2)nc2ccccc21. The summed E-state index contributed by atoms with van der Waals surface area (Å²) >= 11 is 3.45. The second-order valence-electron chi connectivity index (χ2n) is 5.14. The van der Waals surface area contributed by atoms with Crippen molar-refractivity contribution in [3.05, 3.63) is 71.5 Å². The summed E-state index contributed by atoms with van der Waals surface area (Å²) in [6, 6.07) is 17.9. The zero-order valence-electron chi connectivity index (χ0n) is 12.4. The molecule has 112 valence electrons. The van der Waals surface area contributed by atoms with Crippen molar-refractivity contribution in [2.75, 3.05) is 0 Å². The van der Waals surface area contributed by atoms with Crippen LogP contribution in [0, 0.1) is 0 Å². The highest BCUT2D eigenvalue weighted by atomic mass is 79.9. The molecule has 22 heavy (non-hydrogen) atoms. The Bertz CT molecular complexity index is 795. The number of hydrogen-bond acceptors (Lipinski definition) is 2. The number of rotatable bonds is 5. The molecule has 3 aromatic rings. The van der Waals surface area contributed by atoms with E-state index in [-0.39, 0.29) is 6.10 Å². The molecule has 1 unspecified atom stereocenters. The molecule has 0 radical (unpaired) electrons. The Morgan fingerprint density at radius 3 is 2.59 bits per heavy atom. The first-order chi connectivity index (χ1) is 10.6. The molecule has 2 aromatic carbocycles. The molecule has 0 aliphatic carbocycles. The number of imidazole rings is 1. The van der Waals surface area contributed by atoms with E-state index in [1.54, 1.807) is 0 Å². The number of aromatic nitrogens is 2. The Labute approximate surface area is 138 Å². The zero-order chi connectivity index (χ0) is 15.5. The van der Waals surface area contributed by atoms with E-state index in [0.29, 0.717) is 6.54 Å². The van der Waals surface area contributed by atoms with Gasteiger partial charge in [-0.15, -0.1) is 0 Å². The number of para-hydroxylation sites is 3. The van der Waals surface area contributed by atoms with Crippen LogP contribution >= 0.6 is 15.9 Å². The van der Waals surface area contributed by atoms with Crippen LogP contribution in [0.25, 0.3) is 11.0 Å². The van der Waals surface area contributed by atoms with Crippen LogP contribution in [0.2, 0.25) is 0 Å². The Morgan fingerprint density at radius 1 is 1.18 bits per heavy atom. The lowest BCUT2D eigenvalue weighted by Gasteiger charge is -2.16. The van der Waals surface area contributed by atoms with E-state index >= 15 is 0 Å². The molecule has 3 rings (SSSR count). The lowest BCUT2D eigenvalue weighted by molar-refractivity contribution is 0.212. The van der Waals surface area contributed by atoms with Crippen molar-refractivity contribution in [1.82, 2.24) is 9.55 Å². The van der Waals surface area contributed by atoms with Crippen molar-refractivity contribution in [3.8, 4) is 5.75 Å². The third-order valence-corrected chi connectivity index (χ3v) is 3.68. The molecule has 0 amide bonds. The average Bonchev–Trinajstić information content (AvgIpc) is 2.87. The first-order valence-electron chi connectivity index (χ1n) is 7.15. The highest BCUT2D eigenvalue weighted by Crippen LogP contribution is 2.26. The van der Waals surface area contributed by atoms with Crippen LogP contribution < -0.4 is 4.74 Å². The lowest BCUT2D eigenvalue weighted by atomic mass is 10.3. The molecule has 0 N–H and O–H groups in total. The van der Waals surface area contributed by atoms with Gasteiger partial charge in [0.1, 0.15) is 5.75 Å².